The minimum absolute atomic E-state index is 0.190. The van der Waals surface area contributed by atoms with Crippen LogP contribution in [-0.2, 0) is 16.0 Å². The van der Waals surface area contributed by atoms with Gasteiger partial charge in [0.05, 0.1) is 24.2 Å². The zero-order valence-corrected chi connectivity index (χ0v) is 19.8. The molecule has 5 nitrogen and oxygen atoms in total. The van der Waals surface area contributed by atoms with E-state index in [2.05, 4.69) is 17.4 Å². The Morgan fingerprint density at radius 2 is 1.82 bits per heavy atom. The molecule has 34 heavy (non-hydrogen) atoms. The van der Waals surface area contributed by atoms with Crippen LogP contribution in [-0.4, -0.2) is 28.6 Å². The summed E-state index contributed by atoms with van der Waals surface area (Å²) in [6.07, 6.45) is 8.45. The molecule has 2 aromatic carbocycles. The van der Waals surface area contributed by atoms with Crippen molar-refractivity contribution in [2.45, 2.75) is 51.5 Å². The van der Waals surface area contributed by atoms with Crippen LogP contribution in [0.4, 0.5) is 5.82 Å². The molecule has 2 aliphatic rings. The number of nitrogens with zero attached hydrogens (tertiary/aromatic N) is 2. The predicted molar refractivity (Wildman–Crippen MR) is 134 cm³/mol. The van der Waals surface area contributed by atoms with Crippen molar-refractivity contribution in [3.05, 3.63) is 78.1 Å². The van der Waals surface area contributed by atoms with Gasteiger partial charge in [0.1, 0.15) is 11.9 Å². The molecular weight excluding hydrogens is 422 g/mol. The summed E-state index contributed by atoms with van der Waals surface area (Å²) in [7, 11) is 0. The molecular formula is C29H33N3O2. The first-order valence-electron chi connectivity index (χ1n) is 12.6. The van der Waals surface area contributed by atoms with E-state index in [9.17, 15) is 4.79 Å². The second kappa shape index (κ2) is 10.4. The molecule has 0 radical (unpaired) electrons. The van der Waals surface area contributed by atoms with Gasteiger partial charge >= 0.3 is 5.97 Å². The molecule has 2 fully saturated rings. The SMILES string of the molecule is CCOC(=O)C(CC1CC2CCC1C2)Nc1ncc(-c2ccccc2)nc1Cc1ccccc1. The van der Waals surface area contributed by atoms with Crippen LogP contribution in [0.2, 0.25) is 0 Å². The van der Waals surface area contributed by atoms with Crippen molar-refractivity contribution < 1.29 is 9.53 Å². The maximum atomic E-state index is 13.0. The third-order valence-electron chi connectivity index (χ3n) is 7.43. The van der Waals surface area contributed by atoms with Crippen molar-refractivity contribution in [2.24, 2.45) is 17.8 Å². The second-order valence-corrected chi connectivity index (χ2v) is 9.70. The summed E-state index contributed by atoms with van der Waals surface area (Å²) in [6, 6.07) is 20.0. The Bertz CT molecular complexity index is 1100. The van der Waals surface area contributed by atoms with Gasteiger partial charge in [-0.25, -0.2) is 14.8 Å². The van der Waals surface area contributed by atoms with Crippen LogP contribution in [0.1, 0.15) is 50.3 Å². The lowest BCUT2D eigenvalue weighted by Crippen LogP contribution is -2.35. The van der Waals surface area contributed by atoms with Gasteiger partial charge in [-0.1, -0.05) is 67.1 Å². The van der Waals surface area contributed by atoms with Crippen molar-refractivity contribution in [1.29, 1.82) is 0 Å². The summed E-state index contributed by atoms with van der Waals surface area (Å²) >= 11 is 0. The molecule has 2 aliphatic carbocycles. The number of carbonyl (C=O) groups is 1. The summed E-state index contributed by atoms with van der Waals surface area (Å²) in [5.41, 5.74) is 3.86. The molecule has 2 bridgehead atoms. The molecule has 4 atom stereocenters. The highest BCUT2D eigenvalue weighted by molar-refractivity contribution is 5.79. The van der Waals surface area contributed by atoms with Crippen molar-refractivity contribution in [1.82, 2.24) is 9.97 Å². The lowest BCUT2D eigenvalue weighted by Gasteiger charge is -2.27. The molecule has 4 unspecified atom stereocenters. The minimum atomic E-state index is -0.407. The molecule has 0 saturated heterocycles. The lowest BCUT2D eigenvalue weighted by atomic mass is 9.84. The predicted octanol–water partition coefficient (Wildman–Crippen LogP) is 5.90. The third kappa shape index (κ3) is 5.14. The number of carbonyl (C=O) groups excluding carboxylic acids is 1. The van der Waals surface area contributed by atoms with Gasteiger partial charge in [-0.3, -0.25) is 0 Å². The molecule has 1 aromatic heterocycles. The van der Waals surface area contributed by atoms with E-state index in [4.69, 9.17) is 14.7 Å². The highest BCUT2D eigenvalue weighted by Gasteiger charge is 2.41. The van der Waals surface area contributed by atoms with Gasteiger partial charge in [-0.2, -0.15) is 0 Å². The molecule has 176 valence electrons. The number of hydrogen-bond acceptors (Lipinski definition) is 5. The summed E-state index contributed by atoms with van der Waals surface area (Å²) in [5, 5.41) is 3.47. The van der Waals surface area contributed by atoms with Gasteiger partial charge in [-0.15, -0.1) is 0 Å². The zero-order chi connectivity index (χ0) is 23.3. The normalized spacial score (nSPS) is 21.9. The topological polar surface area (TPSA) is 64.1 Å². The Kier molecular flexibility index (Phi) is 6.89. The molecule has 5 heteroatoms. The fourth-order valence-corrected chi connectivity index (χ4v) is 5.80. The maximum absolute atomic E-state index is 13.0. The van der Waals surface area contributed by atoms with Gasteiger partial charge in [0.25, 0.3) is 0 Å². The van der Waals surface area contributed by atoms with E-state index >= 15 is 0 Å². The number of aromatic nitrogens is 2. The smallest absolute Gasteiger partial charge is 0.328 e. The number of ether oxygens (including phenoxy) is 1. The van der Waals surface area contributed by atoms with Crippen LogP contribution < -0.4 is 5.32 Å². The first-order valence-corrected chi connectivity index (χ1v) is 12.6. The van der Waals surface area contributed by atoms with Crippen LogP contribution in [0.3, 0.4) is 0 Å². The van der Waals surface area contributed by atoms with E-state index in [0.717, 1.165) is 40.8 Å². The molecule has 5 rings (SSSR count). The first kappa shape index (κ1) is 22.6. The lowest BCUT2D eigenvalue weighted by molar-refractivity contribution is -0.144. The van der Waals surface area contributed by atoms with Crippen LogP contribution in [0.25, 0.3) is 11.3 Å². The maximum Gasteiger partial charge on any atom is 0.328 e. The van der Waals surface area contributed by atoms with Crippen molar-refractivity contribution in [3.8, 4) is 11.3 Å². The number of esters is 1. The number of anilines is 1. The van der Waals surface area contributed by atoms with Gasteiger partial charge in [0.2, 0.25) is 0 Å². The Morgan fingerprint density at radius 1 is 1.06 bits per heavy atom. The second-order valence-electron chi connectivity index (χ2n) is 9.70. The highest BCUT2D eigenvalue weighted by atomic mass is 16.5. The molecule has 2 saturated carbocycles. The minimum Gasteiger partial charge on any atom is -0.464 e. The van der Waals surface area contributed by atoms with Gasteiger partial charge in [-0.05, 0) is 55.9 Å². The summed E-state index contributed by atoms with van der Waals surface area (Å²) in [6.45, 7) is 2.24. The molecule has 0 aliphatic heterocycles. The number of nitrogens with one attached hydrogen (secondary N) is 1. The highest BCUT2D eigenvalue weighted by Crippen LogP contribution is 2.50. The Morgan fingerprint density at radius 3 is 2.50 bits per heavy atom. The monoisotopic (exact) mass is 455 g/mol. The number of benzene rings is 2. The average molecular weight is 456 g/mol. The molecule has 0 amide bonds. The molecule has 1 N–H and O–H groups in total. The van der Waals surface area contributed by atoms with Crippen LogP contribution in [0, 0.1) is 17.8 Å². The molecule has 0 spiro atoms. The Balaban J connectivity index is 1.43. The number of rotatable bonds is 9. The number of hydrogen-bond donors (Lipinski definition) is 1. The van der Waals surface area contributed by atoms with Crippen LogP contribution in [0.5, 0.6) is 0 Å². The molecule has 1 heterocycles. The van der Waals surface area contributed by atoms with E-state index in [1.165, 1.54) is 25.7 Å². The van der Waals surface area contributed by atoms with Crippen molar-refractivity contribution in [3.63, 3.8) is 0 Å². The van der Waals surface area contributed by atoms with Crippen LogP contribution >= 0.6 is 0 Å². The molecule has 3 aromatic rings. The standard InChI is InChI=1S/C29H33N3O2/c1-2-34-29(33)26(18-24-16-21-13-14-23(24)15-21)32-28-25(17-20-9-5-3-6-10-20)31-27(19-30-28)22-11-7-4-8-12-22/h3-12,19,21,23-24,26H,2,13-18H2,1H3,(H,30,32). The summed E-state index contributed by atoms with van der Waals surface area (Å²) < 4.78 is 5.47. The fraction of sp³-hybridized carbons (Fsp3) is 0.414. The van der Waals surface area contributed by atoms with E-state index < -0.39 is 6.04 Å². The third-order valence-corrected chi connectivity index (χ3v) is 7.43. The van der Waals surface area contributed by atoms with Crippen LogP contribution in [0.15, 0.2) is 66.9 Å². The van der Waals surface area contributed by atoms with Gasteiger partial charge in [0.15, 0.2) is 0 Å². The first-order chi connectivity index (χ1) is 16.7. The van der Waals surface area contributed by atoms with Gasteiger partial charge in [0, 0.05) is 12.0 Å². The largest absolute Gasteiger partial charge is 0.464 e. The van der Waals surface area contributed by atoms with E-state index in [1.807, 2.05) is 55.5 Å². The van der Waals surface area contributed by atoms with E-state index in [-0.39, 0.29) is 5.97 Å². The summed E-state index contributed by atoms with van der Waals surface area (Å²) in [4.78, 5) is 22.7. The average Bonchev–Trinajstić information content (AvgIpc) is 3.49. The van der Waals surface area contributed by atoms with Crippen molar-refractivity contribution >= 4 is 11.8 Å². The van der Waals surface area contributed by atoms with Gasteiger partial charge < -0.3 is 10.1 Å². The Labute approximate surface area is 202 Å². The quantitative estimate of drug-likeness (QED) is 0.407. The van der Waals surface area contributed by atoms with E-state index in [1.54, 1.807) is 6.20 Å². The van der Waals surface area contributed by atoms with E-state index in [0.29, 0.717) is 24.8 Å². The van der Waals surface area contributed by atoms with Crippen molar-refractivity contribution in [2.75, 3.05) is 11.9 Å². The zero-order valence-electron chi connectivity index (χ0n) is 19.8. The fourth-order valence-electron chi connectivity index (χ4n) is 5.80. The Hall–Kier alpha value is -3.21. The number of fused-ring (bicyclic) bond motifs is 2. The summed E-state index contributed by atoms with van der Waals surface area (Å²) in [5.74, 6) is 2.65.